The average Bonchev–Trinajstić information content (AvgIpc) is 3.21. The van der Waals surface area contributed by atoms with Crippen molar-refractivity contribution in [3.63, 3.8) is 0 Å². The van der Waals surface area contributed by atoms with E-state index in [1.54, 1.807) is 12.1 Å². The lowest BCUT2D eigenvalue weighted by molar-refractivity contribution is 0.0938. The molecule has 3 rings (SSSR count). The zero-order chi connectivity index (χ0) is 20.3. The van der Waals surface area contributed by atoms with Gasteiger partial charge in [0, 0.05) is 19.7 Å². The number of furan rings is 1. The highest BCUT2D eigenvalue weighted by atomic mass is 35.5. The number of rotatable bonds is 6. The van der Waals surface area contributed by atoms with Gasteiger partial charge in [0.1, 0.15) is 16.7 Å². The Hall–Kier alpha value is -2.61. The summed E-state index contributed by atoms with van der Waals surface area (Å²) in [6.45, 7) is 0. The molecular weight excluding hydrogens is 400 g/mol. The van der Waals surface area contributed by atoms with Gasteiger partial charge in [-0.05, 0) is 35.9 Å². The van der Waals surface area contributed by atoms with Crippen molar-refractivity contribution in [3.05, 3.63) is 88.8 Å². The molecule has 28 heavy (non-hydrogen) atoms. The third-order valence-electron chi connectivity index (χ3n) is 4.19. The first-order chi connectivity index (χ1) is 13.3. The van der Waals surface area contributed by atoms with Crippen LogP contribution in [0.2, 0.25) is 5.02 Å². The van der Waals surface area contributed by atoms with Gasteiger partial charge in [-0.1, -0.05) is 41.9 Å². The number of nitrogens with zero attached hydrogens (tertiary/aromatic N) is 1. The lowest BCUT2D eigenvalue weighted by Crippen LogP contribution is -2.29. The molecule has 1 aromatic heterocycles. The Morgan fingerprint density at radius 3 is 2.39 bits per heavy atom. The Morgan fingerprint density at radius 1 is 1.07 bits per heavy atom. The third kappa shape index (κ3) is 4.11. The fourth-order valence-corrected chi connectivity index (χ4v) is 4.07. The van der Waals surface area contributed by atoms with Crippen LogP contribution in [-0.4, -0.2) is 32.7 Å². The third-order valence-corrected chi connectivity index (χ3v) is 6.48. The summed E-state index contributed by atoms with van der Waals surface area (Å²) in [5.74, 6) is 0.117. The van der Waals surface area contributed by atoms with E-state index in [1.165, 1.54) is 38.6 Å². The lowest BCUT2D eigenvalue weighted by atomic mass is 10.0. The van der Waals surface area contributed by atoms with E-state index in [0.717, 1.165) is 9.87 Å². The molecule has 0 aliphatic heterocycles. The minimum absolute atomic E-state index is 0.0518. The first-order valence-corrected chi connectivity index (χ1v) is 10.2. The zero-order valence-corrected chi connectivity index (χ0v) is 16.9. The number of amides is 1. The summed E-state index contributed by atoms with van der Waals surface area (Å²) in [6.07, 6.45) is 1.53. The van der Waals surface area contributed by atoms with Crippen molar-refractivity contribution in [2.75, 3.05) is 14.1 Å². The van der Waals surface area contributed by atoms with Crippen LogP contribution in [0.4, 0.5) is 0 Å². The topological polar surface area (TPSA) is 79.6 Å². The molecule has 0 fully saturated rings. The van der Waals surface area contributed by atoms with E-state index in [4.69, 9.17) is 16.0 Å². The van der Waals surface area contributed by atoms with Crippen LogP contribution in [0.25, 0.3) is 0 Å². The Morgan fingerprint density at radius 2 is 1.79 bits per heavy atom. The number of hydrogen-bond acceptors (Lipinski definition) is 4. The van der Waals surface area contributed by atoms with Gasteiger partial charge in [-0.2, -0.15) is 0 Å². The molecule has 1 amide bonds. The van der Waals surface area contributed by atoms with E-state index in [9.17, 15) is 13.2 Å². The Balaban J connectivity index is 1.95. The van der Waals surface area contributed by atoms with E-state index in [1.807, 2.05) is 30.3 Å². The summed E-state index contributed by atoms with van der Waals surface area (Å²) in [6, 6.07) is 16.5. The van der Waals surface area contributed by atoms with Gasteiger partial charge < -0.3 is 9.73 Å². The van der Waals surface area contributed by atoms with Crippen molar-refractivity contribution in [3.8, 4) is 0 Å². The van der Waals surface area contributed by atoms with Gasteiger partial charge in [0.2, 0.25) is 10.0 Å². The number of carbonyl (C=O) groups is 1. The summed E-state index contributed by atoms with van der Waals surface area (Å²) >= 11 is 6.06. The molecule has 1 unspecified atom stereocenters. The van der Waals surface area contributed by atoms with E-state index < -0.39 is 22.0 Å². The number of nitrogens with one attached hydrogen (secondary N) is 1. The Kier molecular flexibility index (Phi) is 5.88. The molecule has 0 radical (unpaired) electrons. The van der Waals surface area contributed by atoms with Crippen LogP contribution in [0.15, 0.2) is 76.2 Å². The lowest BCUT2D eigenvalue weighted by Gasteiger charge is -2.18. The van der Waals surface area contributed by atoms with Crippen LogP contribution < -0.4 is 5.32 Å². The van der Waals surface area contributed by atoms with Gasteiger partial charge in [-0.25, -0.2) is 12.7 Å². The molecule has 0 saturated carbocycles. The molecule has 1 atom stereocenters. The summed E-state index contributed by atoms with van der Waals surface area (Å²) < 4.78 is 31.4. The Labute approximate surface area is 168 Å². The number of sulfonamides is 1. The molecule has 0 aliphatic carbocycles. The van der Waals surface area contributed by atoms with Crippen molar-refractivity contribution in [2.45, 2.75) is 10.9 Å². The molecule has 1 N–H and O–H groups in total. The molecule has 2 aromatic carbocycles. The average molecular weight is 419 g/mol. The zero-order valence-electron chi connectivity index (χ0n) is 15.3. The largest absolute Gasteiger partial charge is 0.467 e. The summed E-state index contributed by atoms with van der Waals surface area (Å²) in [5, 5.41) is 2.95. The maximum atomic E-state index is 12.9. The predicted octanol–water partition coefficient (Wildman–Crippen LogP) is 3.70. The number of halogens is 1. The first-order valence-electron chi connectivity index (χ1n) is 8.42. The van der Waals surface area contributed by atoms with Crippen LogP contribution in [-0.2, 0) is 10.0 Å². The minimum Gasteiger partial charge on any atom is -0.467 e. The summed E-state index contributed by atoms with van der Waals surface area (Å²) in [7, 11) is -0.978. The second-order valence-corrected chi connectivity index (χ2v) is 8.79. The van der Waals surface area contributed by atoms with Crippen LogP contribution in [0.3, 0.4) is 0 Å². The molecule has 3 aromatic rings. The van der Waals surface area contributed by atoms with E-state index in [0.29, 0.717) is 5.76 Å². The van der Waals surface area contributed by atoms with E-state index in [-0.39, 0.29) is 15.5 Å². The predicted molar refractivity (Wildman–Crippen MR) is 107 cm³/mol. The number of benzene rings is 2. The maximum Gasteiger partial charge on any atom is 0.252 e. The van der Waals surface area contributed by atoms with E-state index >= 15 is 0 Å². The molecule has 0 bridgehead atoms. The molecule has 6 nitrogen and oxygen atoms in total. The van der Waals surface area contributed by atoms with Crippen LogP contribution >= 0.6 is 11.6 Å². The van der Waals surface area contributed by atoms with Crippen molar-refractivity contribution < 1.29 is 17.6 Å². The fourth-order valence-electron chi connectivity index (χ4n) is 2.67. The van der Waals surface area contributed by atoms with E-state index in [2.05, 4.69) is 5.32 Å². The Bertz CT molecular complexity index is 1060. The SMILES string of the molecule is CN(C)S(=O)(=O)c1cc(C(=O)NC(c2ccccc2)c2ccco2)ccc1Cl. The maximum absolute atomic E-state index is 12.9. The van der Waals surface area contributed by atoms with Gasteiger partial charge in [0.25, 0.3) is 5.91 Å². The fraction of sp³-hybridized carbons (Fsp3) is 0.150. The van der Waals surface area contributed by atoms with Crippen molar-refractivity contribution in [1.82, 2.24) is 9.62 Å². The van der Waals surface area contributed by atoms with Gasteiger partial charge in [-0.3, -0.25) is 4.79 Å². The van der Waals surface area contributed by atoms with Crippen LogP contribution in [0.5, 0.6) is 0 Å². The summed E-state index contributed by atoms with van der Waals surface area (Å²) in [5.41, 5.74) is 1.01. The highest BCUT2D eigenvalue weighted by Crippen LogP contribution is 2.26. The highest BCUT2D eigenvalue weighted by Gasteiger charge is 2.24. The van der Waals surface area contributed by atoms with Crippen molar-refractivity contribution in [2.24, 2.45) is 0 Å². The summed E-state index contributed by atoms with van der Waals surface area (Å²) in [4.78, 5) is 12.8. The molecule has 1 heterocycles. The minimum atomic E-state index is -3.78. The second kappa shape index (κ2) is 8.18. The van der Waals surface area contributed by atoms with Gasteiger partial charge in [-0.15, -0.1) is 0 Å². The standard InChI is InChI=1S/C20H19ClN2O4S/c1-23(2)28(25,26)18-13-15(10-11-16(18)21)20(24)22-19(17-9-6-12-27-17)14-7-4-3-5-8-14/h3-13,19H,1-2H3,(H,22,24). The van der Waals surface area contributed by atoms with Gasteiger partial charge in [0.05, 0.1) is 11.3 Å². The first kappa shape index (κ1) is 20.1. The number of carbonyl (C=O) groups excluding carboxylic acids is 1. The van der Waals surface area contributed by atoms with Gasteiger partial charge >= 0.3 is 0 Å². The molecule has 0 spiro atoms. The molecule has 0 saturated heterocycles. The smallest absolute Gasteiger partial charge is 0.252 e. The van der Waals surface area contributed by atoms with Crippen molar-refractivity contribution in [1.29, 1.82) is 0 Å². The van der Waals surface area contributed by atoms with Crippen molar-refractivity contribution >= 4 is 27.5 Å². The number of hydrogen-bond donors (Lipinski definition) is 1. The molecular formula is C20H19ClN2O4S. The second-order valence-electron chi connectivity index (χ2n) is 6.27. The van der Waals surface area contributed by atoms with Crippen LogP contribution in [0.1, 0.15) is 27.7 Å². The quantitative estimate of drug-likeness (QED) is 0.661. The normalized spacial score (nSPS) is 12.7. The van der Waals surface area contributed by atoms with Gasteiger partial charge in [0.15, 0.2) is 0 Å². The molecule has 8 heteroatoms. The monoisotopic (exact) mass is 418 g/mol. The molecule has 0 aliphatic rings. The highest BCUT2D eigenvalue weighted by molar-refractivity contribution is 7.89. The molecule has 146 valence electrons. The van der Waals surface area contributed by atoms with Crippen LogP contribution in [0, 0.1) is 0 Å².